The molecule has 3 nitrogen and oxygen atoms in total. The summed E-state index contributed by atoms with van der Waals surface area (Å²) in [6.45, 7) is 0. The summed E-state index contributed by atoms with van der Waals surface area (Å²) < 4.78 is 14.3. The van der Waals surface area contributed by atoms with Gasteiger partial charge in [0.25, 0.3) is 5.91 Å². The number of aliphatic hydroxyl groups is 1. The van der Waals surface area contributed by atoms with Gasteiger partial charge in [-0.05, 0) is 31.0 Å². The molecular formula is C14H17BrFNO2. The number of amides is 1. The van der Waals surface area contributed by atoms with Crippen LogP contribution < -0.4 is 5.32 Å². The summed E-state index contributed by atoms with van der Waals surface area (Å²) in [5.74, 6) is -1.02. The van der Waals surface area contributed by atoms with Crippen molar-refractivity contribution in [2.24, 2.45) is 0 Å². The van der Waals surface area contributed by atoms with Gasteiger partial charge in [-0.1, -0.05) is 35.2 Å². The van der Waals surface area contributed by atoms with Crippen LogP contribution in [-0.2, 0) is 0 Å². The Kier molecular flexibility index (Phi) is 4.93. The zero-order valence-corrected chi connectivity index (χ0v) is 12.1. The fraction of sp³-hybridized carbons (Fsp3) is 0.500. The maximum Gasteiger partial charge on any atom is 0.254 e. The van der Waals surface area contributed by atoms with Gasteiger partial charge in [-0.3, -0.25) is 4.79 Å². The lowest BCUT2D eigenvalue weighted by atomic mass is 10.1. The third-order valence-electron chi connectivity index (χ3n) is 3.47. The summed E-state index contributed by atoms with van der Waals surface area (Å²) in [6, 6.07) is 4.05. The first kappa shape index (κ1) is 14.5. The molecule has 2 unspecified atom stereocenters. The van der Waals surface area contributed by atoms with E-state index in [1.165, 1.54) is 12.1 Å². The summed E-state index contributed by atoms with van der Waals surface area (Å²) in [6.07, 6.45) is 3.91. The first-order valence-electron chi connectivity index (χ1n) is 6.52. The third kappa shape index (κ3) is 3.76. The average molecular weight is 330 g/mol. The zero-order chi connectivity index (χ0) is 13.8. The standard InChI is InChI=1S/C14H17BrFNO2/c15-9-6-7-10(11(16)8-9)14(19)17-12-4-2-1-3-5-13(12)18/h6-8,12-13,18H,1-5H2,(H,17,19). The summed E-state index contributed by atoms with van der Waals surface area (Å²) in [5, 5.41) is 12.7. The molecule has 104 valence electrons. The van der Waals surface area contributed by atoms with Gasteiger partial charge in [0, 0.05) is 4.47 Å². The predicted molar refractivity (Wildman–Crippen MR) is 74.4 cm³/mol. The van der Waals surface area contributed by atoms with Crippen molar-refractivity contribution in [3.8, 4) is 0 Å². The summed E-state index contributed by atoms with van der Waals surface area (Å²) >= 11 is 3.15. The predicted octanol–water partition coefficient (Wildman–Crippen LogP) is 3.01. The molecule has 2 rings (SSSR count). The molecule has 1 fully saturated rings. The monoisotopic (exact) mass is 329 g/mol. The highest BCUT2D eigenvalue weighted by Crippen LogP contribution is 2.20. The molecule has 0 aliphatic heterocycles. The van der Waals surface area contributed by atoms with Gasteiger partial charge in [0.1, 0.15) is 5.82 Å². The number of rotatable bonds is 2. The average Bonchev–Trinajstić information content (AvgIpc) is 2.55. The van der Waals surface area contributed by atoms with Crippen LogP contribution in [0.3, 0.4) is 0 Å². The van der Waals surface area contributed by atoms with Crippen LogP contribution in [0.25, 0.3) is 0 Å². The Labute approximate surface area is 120 Å². The number of nitrogens with one attached hydrogen (secondary N) is 1. The van der Waals surface area contributed by atoms with Gasteiger partial charge in [-0.25, -0.2) is 4.39 Å². The molecule has 1 saturated carbocycles. The van der Waals surface area contributed by atoms with E-state index in [9.17, 15) is 14.3 Å². The van der Waals surface area contributed by atoms with E-state index in [1.807, 2.05) is 0 Å². The number of benzene rings is 1. The molecule has 1 aromatic rings. The Bertz CT molecular complexity index is 467. The Balaban J connectivity index is 2.07. The van der Waals surface area contributed by atoms with Gasteiger partial charge in [0.2, 0.25) is 0 Å². The Morgan fingerprint density at radius 2 is 2.05 bits per heavy atom. The highest BCUT2D eigenvalue weighted by molar-refractivity contribution is 9.10. The lowest BCUT2D eigenvalue weighted by molar-refractivity contribution is 0.0815. The SMILES string of the molecule is O=C(NC1CCCCCC1O)c1ccc(Br)cc1F. The van der Waals surface area contributed by atoms with Gasteiger partial charge < -0.3 is 10.4 Å². The smallest absolute Gasteiger partial charge is 0.254 e. The Morgan fingerprint density at radius 1 is 1.32 bits per heavy atom. The minimum atomic E-state index is -0.560. The normalized spacial score (nSPS) is 23.7. The van der Waals surface area contributed by atoms with Crippen LogP contribution in [0.4, 0.5) is 4.39 Å². The van der Waals surface area contributed by atoms with E-state index in [2.05, 4.69) is 21.2 Å². The van der Waals surface area contributed by atoms with Crippen molar-refractivity contribution < 1.29 is 14.3 Å². The molecule has 1 aliphatic carbocycles. The fourth-order valence-electron chi connectivity index (χ4n) is 2.38. The van der Waals surface area contributed by atoms with Crippen LogP contribution in [0.2, 0.25) is 0 Å². The van der Waals surface area contributed by atoms with Crippen molar-refractivity contribution in [1.82, 2.24) is 5.32 Å². The largest absolute Gasteiger partial charge is 0.391 e. The highest BCUT2D eigenvalue weighted by atomic mass is 79.9. The lowest BCUT2D eigenvalue weighted by Gasteiger charge is -2.21. The first-order chi connectivity index (χ1) is 9.08. The zero-order valence-electron chi connectivity index (χ0n) is 10.5. The van der Waals surface area contributed by atoms with Gasteiger partial charge in [-0.15, -0.1) is 0 Å². The van der Waals surface area contributed by atoms with E-state index in [-0.39, 0.29) is 11.6 Å². The molecule has 1 amide bonds. The number of hydrogen-bond donors (Lipinski definition) is 2. The maximum absolute atomic E-state index is 13.7. The molecule has 2 N–H and O–H groups in total. The molecule has 0 saturated heterocycles. The van der Waals surface area contributed by atoms with E-state index in [0.29, 0.717) is 10.9 Å². The molecule has 0 spiro atoms. The van der Waals surface area contributed by atoms with E-state index < -0.39 is 17.8 Å². The Hall–Kier alpha value is -0.940. The van der Waals surface area contributed by atoms with Gasteiger partial charge in [0.05, 0.1) is 17.7 Å². The molecule has 5 heteroatoms. The number of carbonyl (C=O) groups excluding carboxylic acids is 1. The highest BCUT2D eigenvalue weighted by Gasteiger charge is 2.24. The topological polar surface area (TPSA) is 49.3 Å². The molecule has 0 aromatic heterocycles. The molecule has 19 heavy (non-hydrogen) atoms. The van der Waals surface area contributed by atoms with Crippen LogP contribution >= 0.6 is 15.9 Å². The van der Waals surface area contributed by atoms with E-state index in [0.717, 1.165) is 25.7 Å². The molecule has 0 heterocycles. The number of hydrogen-bond acceptors (Lipinski definition) is 2. The van der Waals surface area contributed by atoms with E-state index in [4.69, 9.17) is 0 Å². The van der Waals surface area contributed by atoms with Gasteiger partial charge >= 0.3 is 0 Å². The quantitative estimate of drug-likeness (QED) is 0.819. The molecule has 0 radical (unpaired) electrons. The fourth-order valence-corrected chi connectivity index (χ4v) is 2.71. The van der Waals surface area contributed by atoms with Crippen LogP contribution in [0.5, 0.6) is 0 Å². The van der Waals surface area contributed by atoms with Crippen molar-refractivity contribution in [1.29, 1.82) is 0 Å². The second-order valence-corrected chi connectivity index (χ2v) is 5.83. The van der Waals surface area contributed by atoms with Crippen LogP contribution in [-0.4, -0.2) is 23.2 Å². The van der Waals surface area contributed by atoms with Gasteiger partial charge in [-0.2, -0.15) is 0 Å². The summed E-state index contributed by atoms with van der Waals surface area (Å²) in [7, 11) is 0. The first-order valence-corrected chi connectivity index (χ1v) is 7.31. The van der Waals surface area contributed by atoms with Crippen molar-refractivity contribution in [2.45, 2.75) is 44.2 Å². The number of carbonyl (C=O) groups is 1. The van der Waals surface area contributed by atoms with E-state index in [1.54, 1.807) is 6.07 Å². The molecule has 1 aromatic carbocycles. The van der Waals surface area contributed by atoms with Gasteiger partial charge in [0.15, 0.2) is 0 Å². The Morgan fingerprint density at radius 3 is 2.79 bits per heavy atom. The summed E-state index contributed by atoms with van der Waals surface area (Å²) in [5.41, 5.74) is 0.0136. The summed E-state index contributed by atoms with van der Waals surface area (Å²) in [4.78, 5) is 12.0. The maximum atomic E-state index is 13.7. The molecule has 1 aliphatic rings. The second kappa shape index (κ2) is 6.48. The minimum Gasteiger partial charge on any atom is -0.391 e. The van der Waals surface area contributed by atoms with Crippen LogP contribution in [0, 0.1) is 5.82 Å². The number of aliphatic hydroxyl groups excluding tert-OH is 1. The molecule has 2 atom stereocenters. The van der Waals surface area contributed by atoms with Crippen molar-refractivity contribution >= 4 is 21.8 Å². The lowest BCUT2D eigenvalue weighted by Crippen LogP contribution is -2.42. The van der Waals surface area contributed by atoms with Crippen molar-refractivity contribution in [3.05, 3.63) is 34.1 Å². The van der Waals surface area contributed by atoms with Crippen LogP contribution in [0.1, 0.15) is 42.5 Å². The molecule has 0 bridgehead atoms. The van der Waals surface area contributed by atoms with Crippen molar-refractivity contribution in [2.75, 3.05) is 0 Å². The number of halogens is 2. The van der Waals surface area contributed by atoms with E-state index >= 15 is 0 Å². The minimum absolute atomic E-state index is 0.0136. The van der Waals surface area contributed by atoms with Crippen molar-refractivity contribution in [3.63, 3.8) is 0 Å². The third-order valence-corrected chi connectivity index (χ3v) is 3.96. The molecular weight excluding hydrogens is 313 g/mol. The second-order valence-electron chi connectivity index (χ2n) is 4.91. The van der Waals surface area contributed by atoms with Crippen LogP contribution in [0.15, 0.2) is 22.7 Å².